The van der Waals surface area contributed by atoms with Gasteiger partial charge in [0.05, 0.1) is 0 Å². The van der Waals surface area contributed by atoms with Gasteiger partial charge in [-0.3, -0.25) is 0 Å². The first-order chi connectivity index (χ1) is 11.6. The Balaban J connectivity index is 1.79. The highest BCUT2D eigenvalue weighted by Gasteiger charge is 2.36. The van der Waals surface area contributed by atoms with Crippen molar-refractivity contribution >= 4 is 23.4 Å². The van der Waals surface area contributed by atoms with Crippen LogP contribution in [0.3, 0.4) is 0 Å². The highest BCUT2D eigenvalue weighted by Crippen LogP contribution is 2.51. The third-order valence-corrected chi connectivity index (χ3v) is 6.47. The molecular formula is C21H23ClOS. The zero-order chi connectivity index (χ0) is 17.0. The summed E-state index contributed by atoms with van der Waals surface area (Å²) in [5.74, 6) is 1.65. The van der Waals surface area contributed by atoms with Gasteiger partial charge in [0.2, 0.25) is 0 Å². The Morgan fingerprint density at radius 1 is 1.17 bits per heavy atom. The van der Waals surface area contributed by atoms with Crippen LogP contribution in [0, 0.1) is 0 Å². The van der Waals surface area contributed by atoms with E-state index in [1.807, 2.05) is 24.3 Å². The van der Waals surface area contributed by atoms with Crippen LogP contribution in [0.4, 0.5) is 0 Å². The van der Waals surface area contributed by atoms with Gasteiger partial charge in [0.15, 0.2) is 0 Å². The Morgan fingerprint density at radius 3 is 2.38 bits per heavy atom. The standard InChI is InChI=1S/C21H23ClOS/c1-3-14-21(15-4-5-16(2)24-21)17-6-10-19(11-7-17)23-20-12-8-18(22)9-13-20/h3,6-13,16H,1,4-5,14-15H2,2H3. The molecule has 1 nitrogen and oxygen atoms in total. The van der Waals surface area contributed by atoms with E-state index in [1.165, 1.54) is 24.8 Å². The van der Waals surface area contributed by atoms with Crippen molar-refractivity contribution in [3.63, 3.8) is 0 Å². The molecule has 0 bridgehead atoms. The molecule has 24 heavy (non-hydrogen) atoms. The average Bonchev–Trinajstić information content (AvgIpc) is 2.58. The first kappa shape index (κ1) is 17.4. The van der Waals surface area contributed by atoms with Gasteiger partial charge in [-0.1, -0.05) is 43.2 Å². The van der Waals surface area contributed by atoms with Gasteiger partial charge in [-0.15, -0.1) is 18.3 Å². The summed E-state index contributed by atoms with van der Waals surface area (Å²) in [4.78, 5) is 0. The van der Waals surface area contributed by atoms with Crippen molar-refractivity contribution < 1.29 is 4.74 Å². The van der Waals surface area contributed by atoms with Gasteiger partial charge in [-0.2, -0.15) is 0 Å². The number of ether oxygens (including phenoxy) is 1. The van der Waals surface area contributed by atoms with Crippen molar-refractivity contribution in [2.75, 3.05) is 0 Å². The predicted molar refractivity (Wildman–Crippen MR) is 105 cm³/mol. The molecule has 0 saturated carbocycles. The lowest BCUT2D eigenvalue weighted by Crippen LogP contribution is -2.28. The highest BCUT2D eigenvalue weighted by molar-refractivity contribution is 8.00. The fraction of sp³-hybridized carbons (Fsp3) is 0.333. The minimum absolute atomic E-state index is 0.165. The number of hydrogen-bond donors (Lipinski definition) is 0. The molecule has 2 aromatic rings. The van der Waals surface area contributed by atoms with Crippen LogP contribution in [-0.2, 0) is 4.75 Å². The van der Waals surface area contributed by atoms with E-state index in [-0.39, 0.29) is 4.75 Å². The second-order valence-electron chi connectivity index (χ2n) is 6.39. The van der Waals surface area contributed by atoms with E-state index < -0.39 is 0 Å². The van der Waals surface area contributed by atoms with Gasteiger partial charge < -0.3 is 4.74 Å². The fourth-order valence-electron chi connectivity index (χ4n) is 3.36. The van der Waals surface area contributed by atoms with Gasteiger partial charge in [-0.25, -0.2) is 0 Å². The summed E-state index contributed by atoms with van der Waals surface area (Å²) in [6, 6.07) is 16.0. The van der Waals surface area contributed by atoms with Gasteiger partial charge >= 0.3 is 0 Å². The zero-order valence-electron chi connectivity index (χ0n) is 14.0. The Hall–Kier alpha value is -1.38. The molecule has 0 aliphatic carbocycles. The second kappa shape index (κ2) is 7.67. The topological polar surface area (TPSA) is 9.23 Å². The van der Waals surface area contributed by atoms with Gasteiger partial charge in [0, 0.05) is 15.0 Å². The fourth-order valence-corrected chi connectivity index (χ4v) is 5.29. The van der Waals surface area contributed by atoms with Crippen molar-refractivity contribution in [1.29, 1.82) is 0 Å². The molecule has 1 saturated heterocycles. The Morgan fingerprint density at radius 2 is 1.79 bits per heavy atom. The maximum absolute atomic E-state index is 5.91. The lowest BCUT2D eigenvalue weighted by Gasteiger charge is -2.39. The molecule has 126 valence electrons. The van der Waals surface area contributed by atoms with E-state index in [9.17, 15) is 0 Å². The third-order valence-electron chi connectivity index (χ3n) is 4.52. The molecule has 2 unspecified atom stereocenters. The van der Waals surface area contributed by atoms with Gasteiger partial charge in [0.25, 0.3) is 0 Å². The highest BCUT2D eigenvalue weighted by atomic mass is 35.5. The maximum atomic E-state index is 5.91. The summed E-state index contributed by atoms with van der Waals surface area (Å²) in [7, 11) is 0. The lowest BCUT2D eigenvalue weighted by atomic mass is 9.88. The smallest absolute Gasteiger partial charge is 0.127 e. The summed E-state index contributed by atoms with van der Waals surface area (Å²) in [6.07, 6.45) is 6.88. The van der Waals surface area contributed by atoms with Crippen LogP contribution in [0.15, 0.2) is 61.2 Å². The Bertz CT molecular complexity index is 680. The van der Waals surface area contributed by atoms with Crippen molar-refractivity contribution in [2.45, 2.75) is 42.6 Å². The Kier molecular flexibility index (Phi) is 5.57. The maximum Gasteiger partial charge on any atom is 0.127 e. The molecule has 3 heteroatoms. The van der Waals surface area contributed by atoms with Crippen LogP contribution in [-0.4, -0.2) is 5.25 Å². The van der Waals surface area contributed by atoms with E-state index in [0.29, 0.717) is 10.3 Å². The number of benzene rings is 2. The molecule has 1 heterocycles. The van der Waals surface area contributed by atoms with E-state index in [1.54, 1.807) is 0 Å². The van der Waals surface area contributed by atoms with Crippen LogP contribution >= 0.6 is 23.4 Å². The van der Waals surface area contributed by atoms with E-state index >= 15 is 0 Å². The van der Waals surface area contributed by atoms with Crippen LogP contribution in [0.5, 0.6) is 11.5 Å². The molecule has 1 aliphatic rings. The molecule has 1 fully saturated rings. The first-order valence-electron chi connectivity index (χ1n) is 8.44. The van der Waals surface area contributed by atoms with E-state index in [4.69, 9.17) is 16.3 Å². The number of allylic oxidation sites excluding steroid dienone is 1. The Labute approximate surface area is 154 Å². The predicted octanol–water partition coefficient (Wildman–Crippen LogP) is 7.21. The monoisotopic (exact) mass is 358 g/mol. The lowest BCUT2D eigenvalue weighted by molar-refractivity contribution is 0.479. The normalized spacial score (nSPS) is 23.7. The molecule has 0 spiro atoms. The molecule has 2 aromatic carbocycles. The largest absolute Gasteiger partial charge is 0.457 e. The molecular weight excluding hydrogens is 336 g/mol. The van der Waals surface area contributed by atoms with Crippen LogP contribution in [0.25, 0.3) is 0 Å². The van der Waals surface area contributed by atoms with Crippen LogP contribution < -0.4 is 4.74 Å². The summed E-state index contributed by atoms with van der Waals surface area (Å²) in [6.45, 7) is 6.32. The van der Waals surface area contributed by atoms with Crippen molar-refractivity contribution in [3.05, 3.63) is 71.8 Å². The van der Waals surface area contributed by atoms with E-state index in [2.05, 4.69) is 55.6 Å². The molecule has 0 aromatic heterocycles. The summed E-state index contributed by atoms with van der Waals surface area (Å²) < 4.78 is 6.07. The number of hydrogen-bond acceptors (Lipinski definition) is 2. The zero-order valence-corrected chi connectivity index (χ0v) is 15.6. The van der Waals surface area contributed by atoms with E-state index in [0.717, 1.165) is 17.9 Å². The minimum atomic E-state index is 0.165. The number of halogens is 1. The average molecular weight is 359 g/mol. The van der Waals surface area contributed by atoms with Crippen LogP contribution in [0.1, 0.15) is 38.2 Å². The minimum Gasteiger partial charge on any atom is -0.457 e. The molecule has 0 N–H and O–H groups in total. The SMILES string of the molecule is C=CCC1(c2ccc(Oc3ccc(Cl)cc3)cc2)CCCC(C)S1. The second-order valence-corrected chi connectivity index (χ2v) is 8.65. The first-order valence-corrected chi connectivity index (χ1v) is 9.70. The molecule has 0 radical (unpaired) electrons. The number of thioether (sulfide) groups is 1. The molecule has 2 atom stereocenters. The quantitative estimate of drug-likeness (QED) is 0.522. The molecule has 0 amide bonds. The molecule has 3 rings (SSSR count). The third kappa shape index (κ3) is 3.99. The van der Waals surface area contributed by atoms with Crippen molar-refractivity contribution in [1.82, 2.24) is 0 Å². The van der Waals surface area contributed by atoms with Gasteiger partial charge in [0.1, 0.15) is 11.5 Å². The van der Waals surface area contributed by atoms with Gasteiger partial charge in [-0.05, 0) is 61.2 Å². The van der Waals surface area contributed by atoms with Crippen molar-refractivity contribution in [2.24, 2.45) is 0 Å². The number of rotatable bonds is 5. The van der Waals surface area contributed by atoms with Crippen molar-refractivity contribution in [3.8, 4) is 11.5 Å². The van der Waals surface area contributed by atoms with Crippen LogP contribution in [0.2, 0.25) is 5.02 Å². The summed E-state index contributed by atoms with van der Waals surface area (Å²) >= 11 is 8.01. The summed E-state index contributed by atoms with van der Waals surface area (Å²) in [5, 5.41) is 1.41. The molecule has 1 aliphatic heterocycles. The summed E-state index contributed by atoms with van der Waals surface area (Å²) in [5.41, 5.74) is 1.38.